The van der Waals surface area contributed by atoms with E-state index in [1.165, 1.54) is 5.57 Å². The number of hydrogen-bond acceptors (Lipinski definition) is 2. The number of rotatable bonds is 2. The molecule has 2 nitrogen and oxygen atoms in total. The van der Waals surface area contributed by atoms with E-state index in [4.69, 9.17) is 5.26 Å². The van der Waals surface area contributed by atoms with Crippen molar-refractivity contribution in [1.29, 1.82) is 5.26 Å². The van der Waals surface area contributed by atoms with E-state index in [1.54, 1.807) is 0 Å². The van der Waals surface area contributed by atoms with Gasteiger partial charge in [0.05, 0.1) is 0 Å². The van der Waals surface area contributed by atoms with E-state index < -0.39 is 0 Å². The van der Waals surface area contributed by atoms with Crippen LogP contribution in [0.15, 0.2) is 11.6 Å². The molecule has 44 valence electrons. The molecule has 0 bridgehead atoms. The monoisotopic (exact) mass is 110 g/mol. The summed E-state index contributed by atoms with van der Waals surface area (Å²) in [6, 6.07) is 0. The lowest BCUT2D eigenvalue weighted by atomic mass is 10.3. The van der Waals surface area contributed by atoms with Crippen LogP contribution >= 0.6 is 0 Å². The standard InChI is InChI=1S/C6H10N2/c1-6(2)3-4-8-5-7/h3,8H,4H2,1-2H3. The maximum Gasteiger partial charge on any atom is 0.176 e. The predicted octanol–water partition coefficient (Wildman–Crippen LogP) is 1.02. The molecule has 0 aromatic carbocycles. The summed E-state index contributed by atoms with van der Waals surface area (Å²) in [7, 11) is 0. The summed E-state index contributed by atoms with van der Waals surface area (Å²) in [5.74, 6) is 0. The van der Waals surface area contributed by atoms with Crippen LogP contribution in [-0.4, -0.2) is 6.54 Å². The molecule has 0 saturated carbocycles. The molecule has 2 heteroatoms. The quantitative estimate of drug-likeness (QED) is 0.249. The fraction of sp³-hybridized carbons (Fsp3) is 0.500. The van der Waals surface area contributed by atoms with Gasteiger partial charge in [-0.05, 0) is 13.8 Å². The zero-order valence-electron chi connectivity index (χ0n) is 5.23. The predicted molar refractivity (Wildman–Crippen MR) is 33.0 cm³/mol. The minimum atomic E-state index is 0.652. The zero-order chi connectivity index (χ0) is 6.41. The summed E-state index contributed by atoms with van der Waals surface area (Å²) in [5, 5.41) is 10.5. The Hall–Kier alpha value is -0.970. The third kappa shape index (κ3) is 5.03. The fourth-order valence-electron chi connectivity index (χ4n) is 0.301. The van der Waals surface area contributed by atoms with E-state index in [9.17, 15) is 0 Å². The first-order chi connectivity index (χ1) is 3.77. The molecular formula is C6H10N2. The molecule has 0 spiro atoms. The molecule has 0 heterocycles. The third-order valence-electron chi connectivity index (χ3n) is 0.691. The molecule has 0 aromatic rings. The van der Waals surface area contributed by atoms with Gasteiger partial charge in [0, 0.05) is 6.54 Å². The van der Waals surface area contributed by atoms with Crippen molar-refractivity contribution in [3.05, 3.63) is 11.6 Å². The smallest absolute Gasteiger partial charge is 0.176 e. The van der Waals surface area contributed by atoms with Crippen LogP contribution in [0.2, 0.25) is 0 Å². The Morgan fingerprint density at radius 2 is 2.38 bits per heavy atom. The van der Waals surface area contributed by atoms with E-state index in [1.807, 2.05) is 26.1 Å². The number of nitrogens with zero attached hydrogens (tertiary/aromatic N) is 1. The second kappa shape index (κ2) is 4.20. The average Bonchev–Trinajstić information content (AvgIpc) is 1.66. The maximum absolute atomic E-state index is 7.99. The van der Waals surface area contributed by atoms with Gasteiger partial charge < -0.3 is 5.32 Å². The lowest BCUT2D eigenvalue weighted by molar-refractivity contribution is 0.990. The molecule has 1 N–H and O–H groups in total. The SMILES string of the molecule is CC(C)=CCNC#N. The largest absolute Gasteiger partial charge is 0.320 e. The van der Waals surface area contributed by atoms with Crippen molar-refractivity contribution >= 4 is 0 Å². The Bertz CT molecular complexity index is 115. The van der Waals surface area contributed by atoms with Crippen LogP contribution in [0.5, 0.6) is 0 Å². The molecular weight excluding hydrogens is 100 g/mol. The van der Waals surface area contributed by atoms with Gasteiger partial charge in [0.2, 0.25) is 0 Å². The summed E-state index contributed by atoms with van der Waals surface area (Å²) in [6.45, 7) is 4.65. The molecule has 0 atom stereocenters. The Balaban J connectivity index is 3.20. The minimum Gasteiger partial charge on any atom is -0.320 e. The van der Waals surface area contributed by atoms with Crippen LogP contribution in [0.4, 0.5) is 0 Å². The molecule has 0 aliphatic carbocycles. The van der Waals surface area contributed by atoms with Crippen molar-refractivity contribution in [1.82, 2.24) is 5.32 Å². The average molecular weight is 110 g/mol. The Morgan fingerprint density at radius 1 is 1.75 bits per heavy atom. The van der Waals surface area contributed by atoms with Crippen molar-refractivity contribution < 1.29 is 0 Å². The molecule has 0 amide bonds. The lowest BCUT2D eigenvalue weighted by Crippen LogP contribution is -2.03. The van der Waals surface area contributed by atoms with Crippen LogP contribution in [0.1, 0.15) is 13.8 Å². The molecule has 8 heavy (non-hydrogen) atoms. The maximum atomic E-state index is 7.99. The topological polar surface area (TPSA) is 35.8 Å². The van der Waals surface area contributed by atoms with Crippen LogP contribution in [0.25, 0.3) is 0 Å². The van der Waals surface area contributed by atoms with Gasteiger partial charge in [0.1, 0.15) is 0 Å². The van der Waals surface area contributed by atoms with Gasteiger partial charge in [-0.1, -0.05) is 11.6 Å². The Labute approximate surface area is 49.8 Å². The van der Waals surface area contributed by atoms with Crippen LogP contribution in [0.3, 0.4) is 0 Å². The number of nitriles is 1. The van der Waals surface area contributed by atoms with Gasteiger partial charge in [-0.2, -0.15) is 5.26 Å². The van der Waals surface area contributed by atoms with Crippen LogP contribution in [-0.2, 0) is 0 Å². The summed E-state index contributed by atoms with van der Waals surface area (Å²) >= 11 is 0. The highest BCUT2D eigenvalue weighted by Gasteiger charge is 1.74. The van der Waals surface area contributed by atoms with Crippen molar-refractivity contribution in [2.24, 2.45) is 0 Å². The summed E-state index contributed by atoms with van der Waals surface area (Å²) < 4.78 is 0. The molecule has 0 rings (SSSR count). The van der Waals surface area contributed by atoms with Gasteiger partial charge in [-0.15, -0.1) is 0 Å². The molecule has 0 saturated heterocycles. The molecule has 0 unspecified atom stereocenters. The van der Waals surface area contributed by atoms with E-state index >= 15 is 0 Å². The first-order valence-electron chi connectivity index (χ1n) is 2.52. The molecule has 0 radical (unpaired) electrons. The zero-order valence-corrected chi connectivity index (χ0v) is 5.23. The van der Waals surface area contributed by atoms with Crippen LogP contribution in [0, 0.1) is 11.5 Å². The van der Waals surface area contributed by atoms with Gasteiger partial charge in [0.15, 0.2) is 6.19 Å². The summed E-state index contributed by atoms with van der Waals surface area (Å²) in [4.78, 5) is 0. The molecule has 0 aromatic heterocycles. The minimum absolute atomic E-state index is 0.652. The highest BCUT2D eigenvalue weighted by atomic mass is 14.8. The number of hydrogen-bond donors (Lipinski definition) is 1. The van der Waals surface area contributed by atoms with Gasteiger partial charge >= 0.3 is 0 Å². The number of nitrogens with one attached hydrogen (secondary N) is 1. The second-order valence-electron chi connectivity index (χ2n) is 1.77. The molecule has 0 aliphatic rings. The van der Waals surface area contributed by atoms with Gasteiger partial charge in [-0.25, -0.2) is 0 Å². The molecule has 0 fully saturated rings. The lowest BCUT2D eigenvalue weighted by Gasteiger charge is -1.87. The summed E-state index contributed by atoms with van der Waals surface area (Å²) in [6.07, 6.45) is 3.79. The normalized spacial score (nSPS) is 7.12. The Morgan fingerprint density at radius 3 is 2.75 bits per heavy atom. The Kier molecular flexibility index (Phi) is 3.69. The highest BCUT2D eigenvalue weighted by Crippen LogP contribution is 1.83. The number of allylic oxidation sites excluding steroid dienone is 1. The van der Waals surface area contributed by atoms with E-state index in [2.05, 4.69) is 5.32 Å². The van der Waals surface area contributed by atoms with Crippen LogP contribution < -0.4 is 5.32 Å². The fourth-order valence-corrected chi connectivity index (χ4v) is 0.301. The van der Waals surface area contributed by atoms with Gasteiger partial charge in [-0.3, -0.25) is 0 Å². The van der Waals surface area contributed by atoms with Crippen molar-refractivity contribution in [3.63, 3.8) is 0 Å². The van der Waals surface area contributed by atoms with Gasteiger partial charge in [0.25, 0.3) is 0 Å². The summed E-state index contributed by atoms with van der Waals surface area (Å²) in [5.41, 5.74) is 1.23. The van der Waals surface area contributed by atoms with Crippen molar-refractivity contribution in [2.75, 3.05) is 6.54 Å². The van der Waals surface area contributed by atoms with Crippen molar-refractivity contribution in [3.8, 4) is 6.19 Å². The highest BCUT2D eigenvalue weighted by molar-refractivity contribution is 4.95. The first-order valence-corrected chi connectivity index (χ1v) is 2.52. The molecule has 0 aliphatic heterocycles. The van der Waals surface area contributed by atoms with E-state index in [-0.39, 0.29) is 0 Å². The van der Waals surface area contributed by atoms with E-state index in [0.717, 1.165) is 0 Å². The second-order valence-corrected chi connectivity index (χ2v) is 1.77. The third-order valence-corrected chi connectivity index (χ3v) is 0.691. The first kappa shape index (κ1) is 7.03. The van der Waals surface area contributed by atoms with E-state index in [0.29, 0.717) is 6.54 Å². The van der Waals surface area contributed by atoms with Crippen molar-refractivity contribution in [2.45, 2.75) is 13.8 Å².